The molecule has 2 N–H and O–H groups in total. The molecule has 0 bridgehead atoms. The van der Waals surface area contributed by atoms with E-state index in [1.807, 2.05) is 6.92 Å². The molecule has 0 saturated heterocycles. The summed E-state index contributed by atoms with van der Waals surface area (Å²) in [5.74, 6) is -0.226. The number of hydrogen-bond acceptors (Lipinski definition) is 4. The molecule has 0 saturated carbocycles. The van der Waals surface area contributed by atoms with Gasteiger partial charge in [0.2, 0.25) is 5.84 Å². The van der Waals surface area contributed by atoms with Crippen molar-refractivity contribution in [2.24, 2.45) is 10.7 Å². The van der Waals surface area contributed by atoms with Gasteiger partial charge in [0, 0.05) is 13.3 Å². The maximum Gasteiger partial charge on any atom is 0.209 e. The molecule has 202 valence electrons. The maximum atomic E-state index is 11.2. The molecular weight excluding hydrogens is 434 g/mol. The highest BCUT2D eigenvalue weighted by Gasteiger charge is 2.38. The van der Waals surface area contributed by atoms with E-state index in [0.717, 1.165) is 25.1 Å². The van der Waals surface area contributed by atoms with Gasteiger partial charge in [0.05, 0.1) is 12.2 Å². The van der Waals surface area contributed by atoms with Gasteiger partial charge in [-0.05, 0) is 32.1 Å². The first kappa shape index (κ1) is 31.6. The Labute approximate surface area is 216 Å². The fraction of sp³-hybridized carbons (Fsp3) is 0.800. The van der Waals surface area contributed by atoms with Gasteiger partial charge in [-0.25, -0.2) is 9.48 Å². The van der Waals surface area contributed by atoms with Crippen LogP contribution in [0, 0.1) is 0 Å². The van der Waals surface area contributed by atoms with Crippen molar-refractivity contribution in [2.75, 3.05) is 6.54 Å². The summed E-state index contributed by atoms with van der Waals surface area (Å²) in [6.45, 7) is 3.97. The number of allylic oxidation sites excluding steroid dienone is 2. The van der Waals surface area contributed by atoms with E-state index in [4.69, 9.17) is 5.73 Å². The molecule has 0 aliphatic carbocycles. The molecule has 0 amide bonds. The van der Waals surface area contributed by atoms with Gasteiger partial charge in [0.25, 0.3) is 0 Å². The van der Waals surface area contributed by atoms with E-state index in [1.54, 1.807) is 12.4 Å². The Morgan fingerprint density at radius 2 is 1.31 bits per heavy atom. The van der Waals surface area contributed by atoms with Crippen molar-refractivity contribution in [1.29, 1.82) is 0 Å². The number of aliphatic carboxylic acids is 1. The summed E-state index contributed by atoms with van der Waals surface area (Å²) in [6.07, 6.45) is 33.9. The number of carbonyl (C=O) groups is 1. The molecule has 0 aromatic heterocycles. The van der Waals surface area contributed by atoms with E-state index < -0.39 is 5.97 Å². The van der Waals surface area contributed by atoms with Crippen LogP contribution in [0.25, 0.3) is 0 Å². The molecular formula is C30H55N3O2. The Morgan fingerprint density at radius 1 is 0.857 bits per heavy atom. The summed E-state index contributed by atoms with van der Waals surface area (Å²) in [5.41, 5.74) is 6.10. The number of carboxylic acids is 1. The second kappa shape index (κ2) is 20.7. The van der Waals surface area contributed by atoms with Crippen molar-refractivity contribution in [2.45, 2.75) is 148 Å². The normalized spacial score (nSPS) is 18.4. The zero-order chi connectivity index (χ0) is 25.6. The minimum atomic E-state index is -1.09. The zero-order valence-electron chi connectivity index (χ0n) is 23.0. The number of nitrogens with zero attached hydrogens (tertiary/aromatic N) is 2. The predicted molar refractivity (Wildman–Crippen MR) is 148 cm³/mol. The Morgan fingerprint density at radius 3 is 1.77 bits per heavy atom. The SMILES string of the molecule is CCCCCC/C=C/CCCCCCCCCCCCCCCC1=NC=C[N+]1(CC(=O)[O-])C(C)N. The predicted octanol–water partition coefficient (Wildman–Crippen LogP) is 7.12. The molecule has 0 aromatic rings. The summed E-state index contributed by atoms with van der Waals surface area (Å²) in [5, 5.41) is 11.2. The summed E-state index contributed by atoms with van der Waals surface area (Å²) < 4.78 is 0.110. The van der Waals surface area contributed by atoms with Crippen molar-refractivity contribution < 1.29 is 14.4 Å². The van der Waals surface area contributed by atoms with Gasteiger partial charge in [-0.15, -0.1) is 0 Å². The van der Waals surface area contributed by atoms with Crippen LogP contribution in [-0.2, 0) is 4.79 Å². The Hall–Kier alpha value is -1.46. The number of unbranched alkanes of at least 4 members (excludes halogenated alkanes) is 17. The molecule has 0 spiro atoms. The van der Waals surface area contributed by atoms with Crippen molar-refractivity contribution >= 4 is 11.8 Å². The van der Waals surface area contributed by atoms with Gasteiger partial charge >= 0.3 is 0 Å². The largest absolute Gasteiger partial charge is 0.544 e. The number of hydrogen-bond donors (Lipinski definition) is 1. The van der Waals surface area contributed by atoms with Crippen molar-refractivity contribution in [3.63, 3.8) is 0 Å². The minimum Gasteiger partial charge on any atom is -0.544 e. The van der Waals surface area contributed by atoms with Crippen LogP contribution in [-0.4, -0.2) is 29.0 Å². The summed E-state index contributed by atoms with van der Waals surface area (Å²) in [7, 11) is 0. The monoisotopic (exact) mass is 489 g/mol. The van der Waals surface area contributed by atoms with Crippen LogP contribution in [0.4, 0.5) is 0 Å². The third kappa shape index (κ3) is 14.6. The van der Waals surface area contributed by atoms with Crippen LogP contribution in [0.1, 0.15) is 142 Å². The lowest BCUT2D eigenvalue weighted by atomic mass is 10.0. The van der Waals surface area contributed by atoms with Crippen molar-refractivity contribution in [1.82, 2.24) is 0 Å². The highest BCUT2D eigenvalue weighted by Crippen LogP contribution is 2.23. The molecule has 1 aliphatic rings. The quantitative estimate of drug-likeness (QED) is 0.0890. The van der Waals surface area contributed by atoms with E-state index in [0.29, 0.717) is 0 Å². The number of amidine groups is 1. The van der Waals surface area contributed by atoms with Crippen LogP contribution < -0.4 is 10.8 Å². The summed E-state index contributed by atoms with van der Waals surface area (Å²) in [4.78, 5) is 15.6. The first-order valence-corrected chi connectivity index (χ1v) is 14.8. The highest BCUT2D eigenvalue weighted by molar-refractivity contribution is 5.81. The second-order valence-electron chi connectivity index (χ2n) is 10.5. The average molecular weight is 490 g/mol. The fourth-order valence-electron chi connectivity index (χ4n) is 4.99. The summed E-state index contributed by atoms with van der Waals surface area (Å²) >= 11 is 0. The van der Waals surface area contributed by atoms with Crippen molar-refractivity contribution in [3.8, 4) is 0 Å². The highest BCUT2D eigenvalue weighted by atomic mass is 16.4. The zero-order valence-corrected chi connectivity index (χ0v) is 23.0. The van der Waals surface area contributed by atoms with E-state index in [1.165, 1.54) is 109 Å². The smallest absolute Gasteiger partial charge is 0.209 e. The Balaban J connectivity index is 1.88. The van der Waals surface area contributed by atoms with Crippen molar-refractivity contribution in [3.05, 3.63) is 24.6 Å². The molecule has 5 nitrogen and oxygen atoms in total. The first-order valence-electron chi connectivity index (χ1n) is 14.8. The summed E-state index contributed by atoms with van der Waals surface area (Å²) in [6, 6.07) is 0. The van der Waals surface area contributed by atoms with Gasteiger partial charge in [-0.2, -0.15) is 0 Å². The molecule has 1 rings (SSSR count). The van der Waals surface area contributed by atoms with Gasteiger partial charge in [0.15, 0.2) is 0 Å². The number of carboxylic acid groups (broad SMARTS) is 1. The lowest BCUT2D eigenvalue weighted by Crippen LogP contribution is -2.60. The standard InChI is InChI=1S/C30H55N3O2/c1-3-4-5-6-7-8-9-10-11-12-13-14-15-16-17-18-19-20-21-22-23-24-29-32-25-26-33(29,28(2)31)27-30(34)35/h8-9,25-26,28H,3-7,10-24,27,31H2,1-2H3/b9-8+. The number of rotatable bonds is 24. The molecule has 0 fully saturated rings. The van der Waals surface area contributed by atoms with E-state index >= 15 is 0 Å². The molecule has 0 aromatic carbocycles. The van der Waals surface area contributed by atoms with Gasteiger partial charge in [-0.3, -0.25) is 5.73 Å². The van der Waals surface area contributed by atoms with Crippen LogP contribution in [0.5, 0.6) is 0 Å². The topological polar surface area (TPSA) is 78.5 Å². The van der Waals surface area contributed by atoms with Crippen LogP contribution in [0.2, 0.25) is 0 Å². The number of carbonyl (C=O) groups excluding carboxylic acids is 1. The number of quaternary nitrogens is 1. The molecule has 1 heterocycles. The number of aliphatic imine (C=N–C) groups is 1. The minimum absolute atomic E-state index is 0.110. The Bertz CT molecular complexity index is 627. The lowest BCUT2D eigenvalue weighted by Gasteiger charge is -2.36. The Kier molecular flexibility index (Phi) is 18.7. The third-order valence-electron chi connectivity index (χ3n) is 7.32. The molecule has 0 radical (unpaired) electrons. The van der Waals surface area contributed by atoms with E-state index in [-0.39, 0.29) is 17.2 Å². The maximum absolute atomic E-state index is 11.2. The first-order chi connectivity index (χ1) is 17.0. The molecule has 5 heteroatoms. The average Bonchev–Trinajstić information content (AvgIpc) is 3.23. The third-order valence-corrected chi connectivity index (χ3v) is 7.32. The van der Waals surface area contributed by atoms with Crippen LogP contribution in [0.15, 0.2) is 29.5 Å². The molecule has 2 unspecified atom stereocenters. The fourth-order valence-corrected chi connectivity index (χ4v) is 4.99. The van der Waals surface area contributed by atoms with E-state index in [2.05, 4.69) is 24.1 Å². The van der Waals surface area contributed by atoms with Gasteiger partial charge in [-0.1, -0.05) is 109 Å². The molecule has 35 heavy (non-hydrogen) atoms. The molecule has 2 atom stereocenters. The van der Waals surface area contributed by atoms with E-state index in [9.17, 15) is 9.90 Å². The van der Waals surface area contributed by atoms with Crippen LogP contribution >= 0.6 is 0 Å². The van der Waals surface area contributed by atoms with Gasteiger partial charge < -0.3 is 9.90 Å². The lowest BCUT2D eigenvalue weighted by molar-refractivity contribution is -0.808. The van der Waals surface area contributed by atoms with Crippen LogP contribution in [0.3, 0.4) is 0 Å². The number of nitrogens with two attached hydrogens (primary N) is 1. The second-order valence-corrected chi connectivity index (χ2v) is 10.5. The van der Waals surface area contributed by atoms with Gasteiger partial charge in [0.1, 0.15) is 18.9 Å². The molecule has 1 aliphatic heterocycles.